The smallest absolute Gasteiger partial charge is 0.293 e. The van der Waals surface area contributed by atoms with E-state index >= 15 is 0 Å². The van der Waals surface area contributed by atoms with Crippen molar-refractivity contribution in [2.24, 2.45) is 5.73 Å². The molecule has 28 heavy (non-hydrogen) atoms. The highest BCUT2D eigenvalue weighted by atomic mass is 35.5. The average molecular weight is 421 g/mol. The van der Waals surface area contributed by atoms with E-state index in [4.69, 9.17) is 22.1 Å². The highest BCUT2D eigenvalue weighted by Gasteiger charge is 2.35. The number of carbonyl (C=O) groups excluding carboxylic acids is 3. The molecule has 0 aromatic heterocycles. The number of nitrogens with zero attached hydrogens (tertiary/aromatic N) is 1. The number of imide groups is 1. The van der Waals surface area contributed by atoms with Crippen molar-refractivity contribution in [3.63, 3.8) is 0 Å². The first-order valence-corrected chi connectivity index (χ1v) is 9.24. The summed E-state index contributed by atoms with van der Waals surface area (Å²) >= 11 is 6.76. The second kappa shape index (κ2) is 8.45. The molecule has 0 spiro atoms. The first kappa shape index (κ1) is 19.9. The lowest BCUT2D eigenvalue weighted by Crippen LogP contribution is -2.27. The number of rotatable bonds is 6. The summed E-state index contributed by atoms with van der Waals surface area (Å²) in [4.78, 5) is 37.1. The van der Waals surface area contributed by atoms with Gasteiger partial charge < -0.3 is 10.5 Å². The summed E-state index contributed by atoms with van der Waals surface area (Å²) in [5.41, 5.74) is 6.06. The molecular formula is C19H14ClFN2O4S. The number of benzene rings is 2. The Balaban J connectivity index is 1.82. The van der Waals surface area contributed by atoms with E-state index in [0.717, 1.165) is 22.7 Å². The van der Waals surface area contributed by atoms with Crippen molar-refractivity contribution in [2.75, 3.05) is 6.61 Å². The first-order chi connectivity index (χ1) is 13.3. The van der Waals surface area contributed by atoms with Gasteiger partial charge >= 0.3 is 0 Å². The number of nitrogens with two attached hydrogens (primary N) is 1. The van der Waals surface area contributed by atoms with Gasteiger partial charge in [0.1, 0.15) is 11.6 Å². The Labute approximate surface area is 169 Å². The van der Waals surface area contributed by atoms with Gasteiger partial charge in [-0.15, -0.1) is 0 Å². The number of hydrogen-bond donors (Lipinski definition) is 1. The van der Waals surface area contributed by atoms with Crippen LogP contribution in [-0.4, -0.2) is 28.6 Å². The zero-order valence-electron chi connectivity index (χ0n) is 14.4. The quantitative estimate of drug-likeness (QED) is 0.721. The van der Waals surface area contributed by atoms with Crippen LogP contribution in [0.5, 0.6) is 5.75 Å². The van der Waals surface area contributed by atoms with E-state index in [2.05, 4.69) is 0 Å². The Bertz CT molecular complexity index is 996. The molecule has 3 rings (SSSR count). The van der Waals surface area contributed by atoms with Crippen molar-refractivity contribution in [3.8, 4) is 5.75 Å². The van der Waals surface area contributed by atoms with Crippen LogP contribution in [0, 0.1) is 5.82 Å². The average Bonchev–Trinajstić information content (AvgIpc) is 2.90. The van der Waals surface area contributed by atoms with Crippen molar-refractivity contribution >= 4 is 46.5 Å². The molecule has 2 aromatic rings. The normalized spacial score (nSPS) is 15.4. The number of thioether (sulfide) groups is 1. The molecule has 2 aromatic carbocycles. The van der Waals surface area contributed by atoms with Crippen LogP contribution in [0.1, 0.15) is 11.1 Å². The third-order valence-electron chi connectivity index (χ3n) is 3.79. The van der Waals surface area contributed by atoms with Crippen LogP contribution < -0.4 is 10.5 Å². The number of carbonyl (C=O) groups is 3. The molecule has 1 aliphatic rings. The van der Waals surface area contributed by atoms with E-state index in [-0.39, 0.29) is 23.1 Å². The lowest BCUT2D eigenvalue weighted by Gasteiger charge is -2.13. The lowest BCUT2D eigenvalue weighted by atomic mass is 10.1. The van der Waals surface area contributed by atoms with Gasteiger partial charge in [0.25, 0.3) is 17.1 Å². The second-order valence-corrected chi connectivity index (χ2v) is 7.20. The highest BCUT2D eigenvalue weighted by molar-refractivity contribution is 8.18. The predicted molar refractivity (Wildman–Crippen MR) is 104 cm³/mol. The summed E-state index contributed by atoms with van der Waals surface area (Å²) in [7, 11) is 0. The molecule has 144 valence electrons. The molecule has 1 heterocycles. The topological polar surface area (TPSA) is 89.7 Å². The Kier molecular flexibility index (Phi) is 6.01. The molecule has 0 aliphatic carbocycles. The molecule has 1 fully saturated rings. The number of primary amides is 1. The van der Waals surface area contributed by atoms with Crippen molar-refractivity contribution in [1.82, 2.24) is 4.90 Å². The molecule has 9 heteroatoms. The number of hydrogen-bond acceptors (Lipinski definition) is 5. The van der Waals surface area contributed by atoms with Crippen molar-refractivity contribution in [3.05, 3.63) is 69.3 Å². The van der Waals surface area contributed by atoms with E-state index in [9.17, 15) is 18.8 Å². The third-order valence-corrected chi connectivity index (χ3v) is 5.05. The lowest BCUT2D eigenvalue weighted by molar-refractivity contribution is -0.123. The summed E-state index contributed by atoms with van der Waals surface area (Å²) in [6.07, 6.45) is 1.51. The van der Waals surface area contributed by atoms with Crippen molar-refractivity contribution in [2.45, 2.75) is 6.54 Å². The van der Waals surface area contributed by atoms with Gasteiger partial charge in [-0.25, -0.2) is 4.39 Å². The molecule has 1 saturated heterocycles. The molecule has 0 atom stereocenters. The molecule has 2 N–H and O–H groups in total. The van der Waals surface area contributed by atoms with Crippen molar-refractivity contribution < 1.29 is 23.5 Å². The summed E-state index contributed by atoms with van der Waals surface area (Å²) in [6, 6.07) is 10.5. The maximum absolute atomic E-state index is 13.2. The van der Waals surface area contributed by atoms with Crippen LogP contribution in [0.4, 0.5) is 9.18 Å². The standard InChI is InChI=1S/C19H14ClFN2O4S/c20-14-8-13(21)6-5-12(14)9-23-18(25)16(28-19(23)26)7-11-3-1-2-4-15(11)27-10-17(22)24/h1-8H,9-10H2,(H2,22,24)/b16-7-. The minimum atomic E-state index is -0.633. The Morgan fingerprint density at radius 3 is 2.71 bits per heavy atom. The zero-order valence-corrected chi connectivity index (χ0v) is 15.9. The van der Waals surface area contributed by atoms with Gasteiger partial charge in [-0.05, 0) is 41.6 Å². The molecule has 3 amide bonds. The van der Waals surface area contributed by atoms with Crippen LogP contribution in [-0.2, 0) is 16.1 Å². The molecule has 0 bridgehead atoms. The van der Waals surface area contributed by atoms with E-state index in [0.29, 0.717) is 16.9 Å². The number of halogens is 2. The molecule has 0 unspecified atom stereocenters. The fourth-order valence-electron chi connectivity index (χ4n) is 2.48. The van der Waals surface area contributed by atoms with E-state index in [1.54, 1.807) is 24.3 Å². The SMILES string of the molecule is NC(=O)COc1ccccc1/C=C1\SC(=O)N(Cc2ccc(F)cc2Cl)C1=O. The predicted octanol–water partition coefficient (Wildman–Crippen LogP) is 3.58. The number of amides is 3. The van der Waals surface area contributed by atoms with Gasteiger partial charge in [0, 0.05) is 10.6 Å². The highest BCUT2D eigenvalue weighted by Crippen LogP contribution is 2.35. The molecule has 0 saturated carbocycles. The summed E-state index contributed by atoms with van der Waals surface area (Å²) in [5, 5.41) is -0.333. The van der Waals surface area contributed by atoms with Gasteiger partial charge in [0.2, 0.25) is 0 Å². The third kappa shape index (κ3) is 4.52. The molecular weight excluding hydrogens is 407 g/mol. The summed E-state index contributed by atoms with van der Waals surface area (Å²) in [6.45, 7) is -0.379. The van der Waals surface area contributed by atoms with Gasteiger partial charge in [-0.1, -0.05) is 35.9 Å². The van der Waals surface area contributed by atoms with Crippen LogP contribution in [0.2, 0.25) is 5.02 Å². The maximum Gasteiger partial charge on any atom is 0.293 e. The van der Waals surface area contributed by atoms with Gasteiger partial charge in [0.05, 0.1) is 11.4 Å². The van der Waals surface area contributed by atoms with Crippen LogP contribution in [0.15, 0.2) is 47.4 Å². The number of ether oxygens (including phenoxy) is 1. The van der Waals surface area contributed by atoms with Crippen molar-refractivity contribution in [1.29, 1.82) is 0 Å². The van der Waals surface area contributed by atoms with Gasteiger partial charge in [-0.3, -0.25) is 19.3 Å². The minimum Gasteiger partial charge on any atom is -0.483 e. The molecule has 0 radical (unpaired) electrons. The Hall–Kier alpha value is -2.84. The van der Waals surface area contributed by atoms with Crippen LogP contribution in [0.25, 0.3) is 6.08 Å². The fraction of sp³-hybridized carbons (Fsp3) is 0.105. The Morgan fingerprint density at radius 2 is 2.00 bits per heavy atom. The number of para-hydroxylation sites is 1. The minimum absolute atomic E-state index is 0.0685. The van der Waals surface area contributed by atoms with Crippen LogP contribution >= 0.6 is 23.4 Å². The summed E-state index contributed by atoms with van der Waals surface area (Å²) < 4.78 is 18.5. The summed E-state index contributed by atoms with van der Waals surface area (Å²) in [5.74, 6) is -1.28. The second-order valence-electron chi connectivity index (χ2n) is 5.80. The zero-order chi connectivity index (χ0) is 20.3. The van der Waals surface area contributed by atoms with Crippen LogP contribution in [0.3, 0.4) is 0 Å². The van der Waals surface area contributed by atoms with Gasteiger partial charge in [0.15, 0.2) is 6.61 Å². The van der Waals surface area contributed by atoms with Gasteiger partial charge in [-0.2, -0.15) is 0 Å². The first-order valence-electron chi connectivity index (χ1n) is 8.04. The Morgan fingerprint density at radius 1 is 1.25 bits per heavy atom. The fourth-order valence-corrected chi connectivity index (χ4v) is 3.53. The largest absolute Gasteiger partial charge is 0.483 e. The maximum atomic E-state index is 13.2. The molecule has 1 aliphatic heterocycles. The van der Waals surface area contributed by atoms with E-state index < -0.39 is 22.9 Å². The monoisotopic (exact) mass is 420 g/mol. The van der Waals surface area contributed by atoms with E-state index in [1.165, 1.54) is 18.2 Å². The molecule has 6 nitrogen and oxygen atoms in total. The van der Waals surface area contributed by atoms with E-state index in [1.807, 2.05) is 0 Å².